The van der Waals surface area contributed by atoms with Crippen LogP contribution in [-0.2, 0) is 9.53 Å². The van der Waals surface area contributed by atoms with Gasteiger partial charge in [-0.25, -0.2) is 0 Å². The zero-order valence-corrected chi connectivity index (χ0v) is 13.1. The molecule has 0 amide bonds. The Morgan fingerprint density at radius 3 is 2.53 bits per heavy atom. The van der Waals surface area contributed by atoms with E-state index in [2.05, 4.69) is 20.0 Å². The third-order valence-electron chi connectivity index (χ3n) is 4.26. The Bertz CT molecular complexity index is 275. The summed E-state index contributed by atoms with van der Waals surface area (Å²) in [4.78, 5) is 12.0. The Morgan fingerprint density at radius 1 is 1.41 bits per heavy atom. The van der Waals surface area contributed by atoms with Crippen molar-refractivity contribution in [2.24, 2.45) is 5.92 Å². The molecular formula is C14H28O2Si. The fourth-order valence-corrected chi connectivity index (χ4v) is 6.43. The number of rotatable bonds is 4. The predicted octanol–water partition coefficient (Wildman–Crippen LogP) is 4.23. The van der Waals surface area contributed by atoms with Gasteiger partial charge in [-0.05, 0) is 25.3 Å². The van der Waals surface area contributed by atoms with Crippen LogP contribution in [0, 0.1) is 5.92 Å². The SMILES string of the molecule is CCC(C)C(=O)OC1(CC)CCC[Si](C)(C)C1. The topological polar surface area (TPSA) is 26.3 Å². The van der Waals surface area contributed by atoms with E-state index >= 15 is 0 Å². The summed E-state index contributed by atoms with van der Waals surface area (Å²) < 4.78 is 5.91. The first kappa shape index (κ1) is 14.7. The van der Waals surface area contributed by atoms with Gasteiger partial charge in [-0.2, -0.15) is 0 Å². The molecule has 0 bridgehead atoms. The standard InChI is InChI=1S/C14H28O2Si/c1-6-12(3)13(15)16-14(7-2)9-8-10-17(4,5)11-14/h12H,6-11H2,1-5H3. The van der Waals surface area contributed by atoms with Crippen LogP contribution in [0.4, 0.5) is 0 Å². The van der Waals surface area contributed by atoms with Crippen molar-refractivity contribution in [1.82, 2.24) is 0 Å². The van der Waals surface area contributed by atoms with Gasteiger partial charge in [0.05, 0.1) is 14.0 Å². The second kappa shape index (κ2) is 5.55. The highest BCUT2D eigenvalue weighted by atomic mass is 28.3. The zero-order valence-electron chi connectivity index (χ0n) is 12.1. The average Bonchev–Trinajstić information content (AvgIpc) is 2.26. The van der Waals surface area contributed by atoms with Crippen molar-refractivity contribution < 1.29 is 9.53 Å². The highest BCUT2D eigenvalue weighted by Crippen LogP contribution is 2.40. The van der Waals surface area contributed by atoms with Gasteiger partial charge in [-0.15, -0.1) is 0 Å². The van der Waals surface area contributed by atoms with Crippen LogP contribution in [0.2, 0.25) is 25.2 Å². The van der Waals surface area contributed by atoms with E-state index < -0.39 is 8.07 Å². The Labute approximate surface area is 107 Å². The molecule has 0 aliphatic carbocycles. The average molecular weight is 256 g/mol. The molecule has 0 radical (unpaired) electrons. The van der Waals surface area contributed by atoms with Crippen LogP contribution >= 0.6 is 0 Å². The number of carbonyl (C=O) groups is 1. The molecule has 1 aliphatic heterocycles. The monoisotopic (exact) mass is 256 g/mol. The van der Waals surface area contributed by atoms with E-state index in [1.165, 1.54) is 12.5 Å². The molecule has 1 fully saturated rings. The van der Waals surface area contributed by atoms with Crippen LogP contribution in [0.3, 0.4) is 0 Å². The van der Waals surface area contributed by atoms with Gasteiger partial charge in [-0.1, -0.05) is 46.3 Å². The second-order valence-electron chi connectivity index (χ2n) is 6.46. The molecule has 1 aliphatic rings. The maximum absolute atomic E-state index is 12.0. The number of esters is 1. The van der Waals surface area contributed by atoms with E-state index in [1.54, 1.807) is 0 Å². The number of hydrogen-bond acceptors (Lipinski definition) is 2. The molecule has 2 unspecified atom stereocenters. The summed E-state index contributed by atoms with van der Waals surface area (Å²) in [5.41, 5.74) is -0.130. The minimum atomic E-state index is -1.14. The largest absolute Gasteiger partial charge is 0.459 e. The van der Waals surface area contributed by atoms with Crippen LogP contribution in [0.1, 0.15) is 46.5 Å². The lowest BCUT2D eigenvalue weighted by Crippen LogP contribution is -2.47. The number of carbonyl (C=O) groups excluding carboxylic acids is 1. The first-order valence-corrected chi connectivity index (χ1v) is 10.5. The maximum Gasteiger partial charge on any atom is 0.309 e. The van der Waals surface area contributed by atoms with Crippen LogP contribution in [0.5, 0.6) is 0 Å². The Kier molecular flexibility index (Phi) is 4.82. The molecule has 0 aromatic heterocycles. The van der Waals surface area contributed by atoms with Crippen molar-refractivity contribution in [3.63, 3.8) is 0 Å². The van der Waals surface area contributed by atoms with E-state index in [-0.39, 0.29) is 17.5 Å². The molecule has 2 nitrogen and oxygen atoms in total. The molecule has 1 saturated heterocycles. The molecule has 2 atom stereocenters. The first-order valence-electron chi connectivity index (χ1n) is 7.07. The lowest BCUT2D eigenvalue weighted by Gasteiger charge is -2.43. The normalized spacial score (nSPS) is 29.7. The van der Waals surface area contributed by atoms with Gasteiger partial charge >= 0.3 is 5.97 Å². The van der Waals surface area contributed by atoms with Crippen molar-refractivity contribution in [1.29, 1.82) is 0 Å². The second-order valence-corrected chi connectivity index (χ2v) is 11.6. The molecule has 0 aromatic carbocycles. The molecule has 0 aromatic rings. The summed E-state index contributed by atoms with van der Waals surface area (Å²) in [5.74, 6) is 0.0613. The van der Waals surface area contributed by atoms with Crippen LogP contribution < -0.4 is 0 Å². The number of hydrogen-bond donors (Lipinski definition) is 0. The molecule has 3 heteroatoms. The highest BCUT2D eigenvalue weighted by molar-refractivity contribution is 6.77. The molecular weight excluding hydrogens is 228 g/mol. The fraction of sp³-hybridized carbons (Fsp3) is 0.929. The van der Waals surface area contributed by atoms with Crippen LogP contribution in [-0.4, -0.2) is 19.6 Å². The van der Waals surface area contributed by atoms with Gasteiger partial charge in [0.15, 0.2) is 0 Å². The predicted molar refractivity (Wildman–Crippen MR) is 74.9 cm³/mol. The maximum atomic E-state index is 12.0. The lowest BCUT2D eigenvalue weighted by molar-refractivity contribution is -0.164. The van der Waals surface area contributed by atoms with Crippen molar-refractivity contribution in [3.8, 4) is 0 Å². The molecule has 0 N–H and O–H groups in total. The smallest absolute Gasteiger partial charge is 0.309 e. The Balaban J connectivity index is 2.72. The molecule has 0 spiro atoms. The first-order chi connectivity index (χ1) is 7.84. The Morgan fingerprint density at radius 2 is 2.06 bits per heavy atom. The summed E-state index contributed by atoms with van der Waals surface area (Å²) >= 11 is 0. The summed E-state index contributed by atoms with van der Waals surface area (Å²) in [6.07, 6.45) is 4.16. The fourth-order valence-electron chi connectivity index (χ4n) is 2.88. The zero-order chi connectivity index (χ0) is 13.1. The molecule has 1 rings (SSSR count). The summed E-state index contributed by atoms with van der Waals surface area (Å²) in [5, 5.41) is 0. The molecule has 17 heavy (non-hydrogen) atoms. The summed E-state index contributed by atoms with van der Waals surface area (Å²) in [6, 6.07) is 2.54. The van der Waals surface area contributed by atoms with Crippen molar-refractivity contribution in [3.05, 3.63) is 0 Å². The minimum Gasteiger partial charge on any atom is -0.459 e. The van der Waals surface area contributed by atoms with Gasteiger partial charge in [0.25, 0.3) is 0 Å². The Hall–Kier alpha value is -0.313. The third kappa shape index (κ3) is 3.83. The van der Waals surface area contributed by atoms with E-state index in [4.69, 9.17) is 4.74 Å². The van der Waals surface area contributed by atoms with Crippen molar-refractivity contribution >= 4 is 14.0 Å². The van der Waals surface area contributed by atoms with Gasteiger partial charge < -0.3 is 4.74 Å². The number of ether oxygens (including phenoxy) is 1. The molecule has 0 saturated carbocycles. The van der Waals surface area contributed by atoms with E-state index in [9.17, 15) is 4.79 Å². The van der Waals surface area contributed by atoms with Crippen LogP contribution in [0.15, 0.2) is 0 Å². The van der Waals surface area contributed by atoms with Gasteiger partial charge in [0.1, 0.15) is 5.60 Å². The van der Waals surface area contributed by atoms with E-state index in [0.717, 1.165) is 25.3 Å². The minimum absolute atomic E-state index is 0.0149. The third-order valence-corrected chi connectivity index (χ3v) is 7.57. The van der Waals surface area contributed by atoms with Crippen molar-refractivity contribution in [2.45, 2.75) is 77.2 Å². The molecule has 1 heterocycles. The quantitative estimate of drug-likeness (QED) is 0.556. The van der Waals surface area contributed by atoms with Gasteiger partial charge in [0, 0.05) is 0 Å². The van der Waals surface area contributed by atoms with Gasteiger partial charge in [0.2, 0.25) is 0 Å². The summed E-state index contributed by atoms with van der Waals surface area (Å²) in [6.45, 7) is 11.0. The van der Waals surface area contributed by atoms with Crippen LogP contribution in [0.25, 0.3) is 0 Å². The van der Waals surface area contributed by atoms with Crippen molar-refractivity contribution in [2.75, 3.05) is 0 Å². The summed E-state index contributed by atoms with van der Waals surface area (Å²) in [7, 11) is -1.14. The molecule has 100 valence electrons. The van der Waals surface area contributed by atoms with E-state index in [1.807, 2.05) is 13.8 Å². The lowest BCUT2D eigenvalue weighted by atomic mass is 9.95. The van der Waals surface area contributed by atoms with E-state index in [0.29, 0.717) is 0 Å². The van der Waals surface area contributed by atoms with Gasteiger partial charge in [-0.3, -0.25) is 4.79 Å². The highest BCUT2D eigenvalue weighted by Gasteiger charge is 2.42.